The van der Waals surface area contributed by atoms with Crippen molar-refractivity contribution in [2.45, 2.75) is 12.1 Å². The lowest BCUT2D eigenvalue weighted by Gasteiger charge is -2.34. The van der Waals surface area contributed by atoms with Crippen LogP contribution < -0.4 is 10.3 Å². The lowest BCUT2D eigenvalue weighted by Crippen LogP contribution is -2.53. The van der Waals surface area contributed by atoms with Crippen LogP contribution in [0.5, 0.6) is 0 Å². The molecule has 6 rings (SSSR count). The van der Waals surface area contributed by atoms with E-state index in [1.807, 2.05) is 0 Å². The lowest BCUT2D eigenvalue weighted by atomic mass is 9.83. The summed E-state index contributed by atoms with van der Waals surface area (Å²) in [5.41, 5.74) is -0.489. The van der Waals surface area contributed by atoms with E-state index in [0.717, 1.165) is 0 Å². The Kier molecular flexibility index (Phi) is 4.88. The van der Waals surface area contributed by atoms with Gasteiger partial charge in [0, 0.05) is 23.7 Å². The average Bonchev–Trinajstić information content (AvgIpc) is 3.26. The maximum atomic E-state index is 14.3. The predicted octanol–water partition coefficient (Wildman–Crippen LogP) is 5.02. The monoisotopic (exact) mass is 500 g/mol. The summed E-state index contributed by atoms with van der Waals surface area (Å²) >= 11 is 6.17. The summed E-state index contributed by atoms with van der Waals surface area (Å²) in [5, 5.41) is 0.493. The molecule has 2 aliphatic rings. The molecule has 0 radical (unpaired) electrons. The van der Waals surface area contributed by atoms with E-state index >= 15 is 0 Å². The number of anilines is 1. The molecule has 4 aromatic rings. The van der Waals surface area contributed by atoms with Crippen molar-refractivity contribution in [1.82, 2.24) is 4.90 Å². The summed E-state index contributed by atoms with van der Waals surface area (Å²) < 4.78 is 19.6. The van der Waals surface area contributed by atoms with Crippen molar-refractivity contribution in [2.75, 3.05) is 11.4 Å². The molecule has 1 aromatic heterocycles. The van der Waals surface area contributed by atoms with Gasteiger partial charge in [-0.15, -0.1) is 6.58 Å². The number of para-hydroxylation sites is 1. The van der Waals surface area contributed by atoms with Gasteiger partial charge < -0.3 is 14.2 Å². The summed E-state index contributed by atoms with van der Waals surface area (Å²) in [7, 11) is 0. The molecule has 0 fully saturated rings. The predicted molar refractivity (Wildman–Crippen MR) is 134 cm³/mol. The Hall–Kier alpha value is -4.23. The highest BCUT2D eigenvalue weighted by atomic mass is 35.5. The maximum Gasteiger partial charge on any atom is 0.291 e. The molecule has 36 heavy (non-hydrogen) atoms. The Morgan fingerprint density at radius 1 is 1.03 bits per heavy atom. The van der Waals surface area contributed by atoms with Gasteiger partial charge in [-0.1, -0.05) is 48.0 Å². The molecule has 0 N–H and O–H groups in total. The van der Waals surface area contributed by atoms with E-state index < -0.39 is 28.6 Å². The fourth-order valence-electron chi connectivity index (χ4n) is 5.27. The van der Waals surface area contributed by atoms with Crippen LogP contribution in [-0.2, 0) is 16.9 Å². The van der Waals surface area contributed by atoms with Gasteiger partial charge in [0.1, 0.15) is 11.4 Å². The van der Waals surface area contributed by atoms with E-state index in [1.54, 1.807) is 36.4 Å². The van der Waals surface area contributed by atoms with Crippen LogP contribution in [0.2, 0.25) is 5.02 Å². The molecule has 0 saturated carbocycles. The van der Waals surface area contributed by atoms with Gasteiger partial charge >= 0.3 is 0 Å². The van der Waals surface area contributed by atoms with Gasteiger partial charge in [0.25, 0.3) is 11.8 Å². The summed E-state index contributed by atoms with van der Waals surface area (Å²) in [4.78, 5) is 45.1. The normalized spacial score (nSPS) is 18.3. The van der Waals surface area contributed by atoms with Crippen LogP contribution in [0, 0.1) is 5.82 Å². The number of nitrogens with zero attached hydrogens (tertiary/aromatic N) is 2. The van der Waals surface area contributed by atoms with E-state index in [1.165, 1.54) is 46.2 Å². The molecule has 0 unspecified atom stereocenters. The Morgan fingerprint density at radius 3 is 2.53 bits per heavy atom. The Balaban J connectivity index is 1.70. The van der Waals surface area contributed by atoms with Crippen molar-refractivity contribution in [3.63, 3.8) is 0 Å². The lowest BCUT2D eigenvalue weighted by molar-refractivity contribution is -0.126. The zero-order valence-corrected chi connectivity index (χ0v) is 19.6. The molecule has 3 aromatic carbocycles. The average molecular weight is 501 g/mol. The topological polar surface area (TPSA) is 70.8 Å². The minimum atomic E-state index is -1.77. The molecule has 1 atom stereocenters. The number of amides is 2. The first-order valence-electron chi connectivity index (χ1n) is 11.2. The van der Waals surface area contributed by atoms with E-state index in [0.29, 0.717) is 21.8 Å². The molecule has 8 heteroatoms. The van der Waals surface area contributed by atoms with Gasteiger partial charge in [-0.3, -0.25) is 14.4 Å². The van der Waals surface area contributed by atoms with Gasteiger partial charge in [0.15, 0.2) is 11.0 Å². The molecule has 0 aliphatic carbocycles. The fraction of sp³-hybridized carbons (Fsp3) is 0.107. The smallest absolute Gasteiger partial charge is 0.291 e. The minimum absolute atomic E-state index is 0.0478. The molecule has 6 nitrogen and oxygen atoms in total. The standard InChI is InChI=1S/C28H18ClFN2O4/c1-2-13-31-21-6-4-3-5-20(21)28(27(31)35)23-24(33)19-14-17(29)9-12-22(19)36-25(23)26(34)32(28)15-16-7-10-18(30)11-8-16/h2-12,14H,1,13,15H2/t28-/m1/s1. The second kappa shape index (κ2) is 7.90. The van der Waals surface area contributed by atoms with E-state index in [2.05, 4.69) is 6.58 Å². The number of fused-ring (bicyclic) bond motifs is 5. The third kappa shape index (κ3) is 2.86. The van der Waals surface area contributed by atoms with E-state index in [9.17, 15) is 18.8 Å². The van der Waals surface area contributed by atoms with Crippen molar-refractivity contribution in [2.24, 2.45) is 0 Å². The van der Waals surface area contributed by atoms with Gasteiger partial charge in [-0.05, 0) is 42.0 Å². The molecule has 1 spiro atoms. The summed E-state index contributed by atoms with van der Waals surface area (Å²) in [6.07, 6.45) is 1.58. The van der Waals surface area contributed by atoms with Crippen molar-refractivity contribution >= 4 is 40.1 Å². The number of hydrogen-bond donors (Lipinski definition) is 0. The largest absolute Gasteiger partial charge is 0.450 e. The van der Waals surface area contributed by atoms with Crippen LogP contribution in [0.25, 0.3) is 11.0 Å². The first-order valence-corrected chi connectivity index (χ1v) is 11.6. The van der Waals surface area contributed by atoms with Crippen LogP contribution in [-0.4, -0.2) is 23.3 Å². The second-order valence-electron chi connectivity index (χ2n) is 8.73. The van der Waals surface area contributed by atoms with Crippen molar-refractivity contribution < 1.29 is 18.4 Å². The third-order valence-electron chi connectivity index (χ3n) is 6.76. The second-order valence-corrected chi connectivity index (χ2v) is 9.16. The number of rotatable bonds is 4. The van der Waals surface area contributed by atoms with Crippen LogP contribution in [0.3, 0.4) is 0 Å². The Bertz CT molecular complexity index is 1660. The van der Waals surface area contributed by atoms with Crippen LogP contribution in [0.1, 0.15) is 27.2 Å². The van der Waals surface area contributed by atoms with E-state index in [4.69, 9.17) is 16.0 Å². The minimum Gasteiger partial charge on any atom is -0.450 e. The molecule has 178 valence electrons. The zero-order valence-electron chi connectivity index (χ0n) is 18.8. The van der Waals surface area contributed by atoms with Crippen LogP contribution in [0.4, 0.5) is 10.1 Å². The van der Waals surface area contributed by atoms with Crippen molar-refractivity contribution in [1.29, 1.82) is 0 Å². The number of carbonyl (C=O) groups excluding carboxylic acids is 2. The number of carbonyl (C=O) groups is 2. The maximum absolute atomic E-state index is 14.3. The molecule has 2 amide bonds. The van der Waals surface area contributed by atoms with Gasteiger partial charge in [-0.2, -0.15) is 0 Å². The molecular weight excluding hydrogens is 483 g/mol. The van der Waals surface area contributed by atoms with Crippen LogP contribution in [0.15, 0.2) is 88.6 Å². The quantitative estimate of drug-likeness (QED) is 0.369. The summed E-state index contributed by atoms with van der Waals surface area (Å²) in [6.45, 7) is 3.89. The van der Waals surface area contributed by atoms with Crippen molar-refractivity contribution in [3.8, 4) is 0 Å². The van der Waals surface area contributed by atoms with Gasteiger partial charge in [-0.25, -0.2) is 4.39 Å². The molecule has 3 heterocycles. The summed E-state index contributed by atoms with van der Waals surface area (Å²) in [6, 6.07) is 17.2. The summed E-state index contributed by atoms with van der Waals surface area (Å²) in [5.74, 6) is -1.69. The van der Waals surface area contributed by atoms with E-state index in [-0.39, 0.29) is 35.4 Å². The molecule has 0 saturated heterocycles. The number of benzene rings is 3. The Labute approximate surface area is 209 Å². The third-order valence-corrected chi connectivity index (χ3v) is 7.00. The van der Waals surface area contributed by atoms with Crippen LogP contribution >= 0.6 is 11.6 Å². The van der Waals surface area contributed by atoms with Gasteiger partial charge in [0.2, 0.25) is 5.76 Å². The fourth-order valence-corrected chi connectivity index (χ4v) is 5.44. The molecule has 2 aliphatic heterocycles. The number of hydrogen-bond acceptors (Lipinski definition) is 4. The Morgan fingerprint density at radius 2 is 1.78 bits per heavy atom. The highest BCUT2D eigenvalue weighted by Gasteiger charge is 2.64. The molecule has 0 bridgehead atoms. The first kappa shape index (κ1) is 22.2. The molecular formula is C28H18ClFN2O4. The van der Waals surface area contributed by atoms with Gasteiger partial charge in [0.05, 0.1) is 16.6 Å². The first-order chi connectivity index (χ1) is 17.4. The highest BCUT2D eigenvalue weighted by Crippen LogP contribution is 2.53. The number of halogens is 2. The van der Waals surface area contributed by atoms with Crippen molar-refractivity contribution in [3.05, 3.63) is 123 Å². The highest BCUT2D eigenvalue weighted by molar-refractivity contribution is 6.31. The zero-order chi connectivity index (χ0) is 25.2. The SMILES string of the molecule is C=CCN1C(=O)[C@@]2(c3ccccc31)c1c(oc3ccc(Cl)cc3c1=O)C(=O)N2Cc1ccc(F)cc1.